The van der Waals surface area contributed by atoms with E-state index in [4.69, 9.17) is 9.15 Å². The smallest absolute Gasteiger partial charge is 0.284 e. The Bertz CT molecular complexity index is 457. The van der Waals surface area contributed by atoms with Crippen molar-refractivity contribution < 1.29 is 14.3 Å². The summed E-state index contributed by atoms with van der Waals surface area (Å²) in [5.74, 6) is 1.07. The summed E-state index contributed by atoms with van der Waals surface area (Å²) in [4.78, 5) is 0. The minimum Gasteiger partial charge on any atom is -0.468 e. The molecule has 3 nitrogen and oxygen atoms in total. The maximum absolute atomic E-state index is 9.66. The molecule has 16 heavy (non-hydrogen) atoms. The lowest BCUT2D eigenvalue weighted by Gasteiger charge is -2.03. The van der Waals surface area contributed by atoms with Crippen molar-refractivity contribution in [2.45, 2.75) is 13.0 Å². The fourth-order valence-corrected chi connectivity index (χ4v) is 1.61. The highest BCUT2D eigenvalue weighted by Crippen LogP contribution is 2.34. The lowest BCUT2D eigenvalue weighted by Crippen LogP contribution is -1.90. The number of aliphatic hydroxyl groups excluding tert-OH is 1. The fraction of sp³-hybridized carbons (Fsp3) is 0.231. The van der Waals surface area contributed by atoms with Crippen LogP contribution in [0.3, 0.4) is 0 Å². The maximum atomic E-state index is 9.66. The van der Waals surface area contributed by atoms with E-state index in [9.17, 15) is 5.11 Å². The third kappa shape index (κ3) is 1.95. The Balaban J connectivity index is 2.51. The van der Waals surface area contributed by atoms with Gasteiger partial charge < -0.3 is 14.3 Å². The summed E-state index contributed by atoms with van der Waals surface area (Å²) < 4.78 is 10.6. The SMILES string of the molecule is COc1cc(C(C)O)c(-c2ccccc2)o1. The van der Waals surface area contributed by atoms with Crippen LogP contribution in [0.15, 0.2) is 40.8 Å². The Morgan fingerprint density at radius 1 is 1.25 bits per heavy atom. The number of aliphatic hydroxyl groups is 1. The van der Waals surface area contributed by atoms with E-state index in [2.05, 4.69) is 0 Å². The molecule has 0 amide bonds. The lowest BCUT2D eigenvalue weighted by molar-refractivity contribution is 0.199. The molecule has 1 atom stereocenters. The zero-order chi connectivity index (χ0) is 11.5. The molecule has 2 aromatic rings. The number of rotatable bonds is 3. The first-order chi connectivity index (χ1) is 7.72. The topological polar surface area (TPSA) is 42.6 Å². The van der Waals surface area contributed by atoms with Gasteiger partial charge in [-0.25, -0.2) is 0 Å². The normalized spacial score (nSPS) is 12.4. The van der Waals surface area contributed by atoms with Crippen molar-refractivity contribution in [3.63, 3.8) is 0 Å². The quantitative estimate of drug-likeness (QED) is 0.861. The highest BCUT2D eigenvalue weighted by atomic mass is 16.6. The van der Waals surface area contributed by atoms with Gasteiger partial charge in [0.25, 0.3) is 5.95 Å². The molecule has 1 unspecified atom stereocenters. The molecule has 1 N–H and O–H groups in total. The Labute approximate surface area is 94.3 Å². The largest absolute Gasteiger partial charge is 0.468 e. The van der Waals surface area contributed by atoms with Gasteiger partial charge in [0, 0.05) is 17.2 Å². The van der Waals surface area contributed by atoms with Crippen molar-refractivity contribution in [3.8, 4) is 17.3 Å². The van der Waals surface area contributed by atoms with Crippen LogP contribution in [0.2, 0.25) is 0 Å². The summed E-state index contributed by atoms with van der Waals surface area (Å²) in [6.07, 6.45) is -0.581. The predicted octanol–water partition coefficient (Wildman–Crippen LogP) is 3.01. The molecule has 1 heterocycles. The zero-order valence-corrected chi connectivity index (χ0v) is 9.31. The van der Waals surface area contributed by atoms with Crippen LogP contribution >= 0.6 is 0 Å². The summed E-state index contributed by atoms with van der Waals surface area (Å²) in [7, 11) is 1.54. The van der Waals surface area contributed by atoms with E-state index in [-0.39, 0.29) is 0 Å². The first-order valence-corrected chi connectivity index (χ1v) is 5.13. The summed E-state index contributed by atoms with van der Waals surface area (Å²) in [6, 6.07) is 11.4. The van der Waals surface area contributed by atoms with Crippen molar-refractivity contribution in [2.75, 3.05) is 7.11 Å². The van der Waals surface area contributed by atoms with Crippen molar-refractivity contribution in [2.24, 2.45) is 0 Å². The van der Waals surface area contributed by atoms with Crippen LogP contribution in [0.5, 0.6) is 5.95 Å². The molecular formula is C13H14O3. The number of furan rings is 1. The van der Waals surface area contributed by atoms with Crippen LogP contribution in [0.4, 0.5) is 0 Å². The molecule has 84 valence electrons. The highest BCUT2D eigenvalue weighted by Gasteiger charge is 2.16. The van der Waals surface area contributed by atoms with Gasteiger partial charge in [0.05, 0.1) is 13.2 Å². The minimum absolute atomic E-state index is 0.412. The third-order valence-electron chi connectivity index (χ3n) is 2.43. The van der Waals surface area contributed by atoms with Gasteiger partial charge in [-0.2, -0.15) is 0 Å². The molecule has 0 saturated heterocycles. The van der Waals surface area contributed by atoms with E-state index in [1.165, 1.54) is 0 Å². The van der Waals surface area contributed by atoms with Crippen molar-refractivity contribution in [1.82, 2.24) is 0 Å². The lowest BCUT2D eigenvalue weighted by atomic mass is 10.1. The van der Waals surface area contributed by atoms with Gasteiger partial charge in [-0.05, 0) is 6.92 Å². The van der Waals surface area contributed by atoms with E-state index in [0.29, 0.717) is 11.7 Å². The van der Waals surface area contributed by atoms with Crippen LogP contribution in [0, 0.1) is 0 Å². The average Bonchev–Trinajstić information content (AvgIpc) is 2.74. The maximum Gasteiger partial charge on any atom is 0.284 e. The van der Waals surface area contributed by atoms with Crippen LogP contribution in [0.25, 0.3) is 11.3 Å². The first kappa shape index (κ1) is 10.8. The fourth-order valence-electron chi connectivity index (χ4n) is 1.61. The number of hydrogen-bond donors (Lipinski definition) is 1. The van der Waals surface area contributed by atoms with Crippen molar-refractivity contribution in [1.29, 1.82) is 0 Å². The van der Waals surface area contributed by atoms with E-state index in [1.54, 1.807) is 20.1 Å². The third-order valence-corrected chi connectivity index (χ3v) is 2.43. The predicted molar refractivity (Wildman–Crippen MR) is 61.3 cm³/mol. The Morgan fingerprint density at radius 2 is 1.94 bits per heavy atom. The molecule has 0 aliphatic rings. The summed E-state index contributed by atoms with van der Waals surface area (Å²) in [5, 5.41) is 9.66. The van der Waals surface area contributed by atoms with Crippen molar-refractivity contribution in [3.05, 3.63) is 42.0 Å². The van der Waals surface area contributed by atoms with E-state index in [0.717, 1.165) is 11.1 Å². The second-order valence-electron chi connectivity index (χ2n) is 3.60. The van der Waals surface area contributed by atoms with Gasteiger partial charge in [0.1, 0.15) is 5.76 Å². The molecule has 0 spiro atoms. The van der Waals surface area contributed by atoms with Crippen LogP contribution in [0.1, 0.15) is 18.6 Å². The number of benzene rings is 1. The molecule has 0 saturated carbocycles. The number of hydrogen-bond acceptors (Lipinski definition) is 3. The Morgan fingerprint density at radius 3 is 2.50 bits per heavy atom. The van der Waals surface area contributed by atoms with Gasteiger partial charge in [0.15, 0.2) is 0 Å². The van der Waals surface area contributed by atoms with Gasteiger partial charge >= 0.3 is 0 Å². The van der Waals surface area contributed by atoms with E-state index < -0.39 is 6.10 Å². The molecular weight excluding hydrogens is 204 g/mol. The standard InChI is InChI=1S/C13H14O3/c1-9(14)11-8-12(15-2)16-13(11)10-6-4-3-5-7-10/h3-9,14H,1-2H3. The van der Waals surface area contributed by atoms with E-state index >= 15 is 0 Å². The molecule has 3 heteroatoms. The molecule has 2 rings (SSSR count). The molecule has 0 radical (unpaired) electrons. The zero-order valence-electron chi connectivity index (χ0n) is 9.31. The minimum atomic E-state index is -0.581. The molecule has 0 aliphatic carbocycles. The average molecular weight is 218 g/mol. The summed E-state index contributed by atoms with van der Waals surface area (Å²) >= 11 is 0. The number of methoxy groups -OCH3 is 1. The van der Waals surface area contributed by atoms with Gasteiger partial charge in [-0.15, -0.1) is 0 Å². The molecule has 0 aliphatic heterocycles. The summed E-state index contributed by atoms with van der Waals surface area (Å²) in [5.41, 5.74) is 1.67. The molecule has 1 aromatic carbocycles. The molecule has 1 aromatic heterocycles. The van der Waals surface area contributed by atoms with E-state index in [1.807, 2.05) is 30.3 Å². The second-order valence-corrected chi connectivity index (χ2v) is 3.60. The van der Waals surface area contributed by atoms with Gasteiger partial charge in [-0.3, -0.25) is 0 Å². The first-order valence-electron chi connectivity index (χ1n) is 5.13. The van der Waals surface area contributed by atoms with Gasteiger partial charge in [-0.1, -0.05) is 30.3 Å². The molecule has 0 bridgehead atoms. The Hall–Kier alpha value is -1.74. The number of ether oxygens (including phenoxy) is 1. The van der Waals surface area contributed by atoms with Crippen molar-refractivity contribution >= 4 is 0 Å². The molecule has 0 fully saturated rings. The highest BCUT2D eigenvalue weighted by molar-refractivity contribution is 5.62. The van der Waals surface area contributed by atoms with Crippen LogP contribution in [-0.2, 0) is 0 Å². The Kier molecular flexibility index (Phi) is 2.97. The summed E-state index contributed by atoms with van der Waals surface area (Å²) in [6.45, 7) is 1.71. The second kappa shape index (κ2) is 4.41. The monoisotopic (exact) mass is 218 g/mol. The van der Waals surface area contributed by atoms with Gasteiger partial charge in [0.2, 0.25) is 0 Å². The van der Waals surface area contributed by atoms with Crippen LogP contribution < -0.4 is 4.74 Å². The van der Waals surface area contributed by atoms with Crippen LogP contribution in [-0.4, -0.2) is 12.2 Å².